The van der Waals surface area contributed by atoms with Crippen molar-refractivity contribution in [2.75, 3.05) is 39.9 Å². The molecule has 1 aromatic carbocycles. The van der Waals surface area contributed by atoms with Crippen LogP contribution in [-0.4, -0.2) is 56.7 Å². The number of likely N-dealkylation sites (tertiary alicyclic amines) is 1. The maximum Gasteiger partial charge on any atom is 0.230 e. The minimum Gasteiger partial charge on any atom is -0.384 e. The summed E-state index contributed by atoms with van der Waals surface area (Å²) in [5.41, 5.74) is 0.978. The van der Waals surface area contributed by atoms with E-state index in [1.54, 1.807) is 7.11 Å². The summed E-state index contributed by atoms with van der Waals surface area (Å²) in [6.07, 6.45) is 2.91. The normalized spacial score (nSPS) is 25.7. The first-order valence-corrected chi connectivity index (χ1v) is 8.99. The zero-order valence-electron chi connectivity index (χ0n) is 14.6. The van der Waals surface area contributed by atoms with E-state index in [0.29, 0.717) is 12.6 Å². The van der Waals surface area contributed by atoms with Crippen LogP contribution < -0.4 is 10.6 Å². The Morgan fingerprint density at radius 1 is 1.33 bits per heavy atom. The fraction of sp³-hybridized carbons (Fsp3) is 0.632. The van der Waals surface area contributed by atoms with Gasteiger partial charge < -0.3 is 15.4 Å². The van der Waals surface area contributed by atoms with Crippen LogP contribution in [0.15, 0.2) is 30.3 Å². The van der Waals surface area contributed by atoms with E-state index < -0.39 is 0 Å². The predicted molar refractivity (Wildman–Crippen MR) is 94.7 cm³/mol. The molecule has 24 heavy (non-hydrogen) atoms. The number of methoxy groups -OCH3 is 1. The number of nitrogens with zero attached hydrogens (tertiary/aromatic N) is 1. The molecule has 1 amide bonds. The lowest BCUT2D eigenvalue weighted by Crippen LogP contribution is -2.51. The molecule has 2 aliphatic rings. The van der Waals surface area contributed by atoms with Gasteiger partial charge in [0.25, 0.3) is 0 Å². The molecule has 5 heteroatoms. The Morgan fingerprint density at radius 2 is 2.08 bits per heavy atom. The molecule has 2 fully saturated rings. The molecule has 132 valence electrons. The molecule has 1 aromatic rings. The Balaban J connectivity index is 1.47. The van der Waals surface area contributed by atoms with Crippen LogP contribution in [0, 0.1) is 5.41 Å². The minimum absolute atomic E-state index is 0.163. The van der Waals surface area contributed by atoms with E-state index in [1.807, 2.05) is 0 Å². The summed E-state index contributed by atoms with van der Waals surface area (Å²) in [5, 5.41) is 6.59. The smallest absolute Gasteiger partial charge is 0.230 e. The van der Waals surface area contributed by atoms with Gasteiger partial charge in [-0.1, -0.05) is 30.3 Å². The zero-order chi connectivity index (χ0) is 16.8. The summed E-state index contributed by atoms with van der Waals surface area (Å²) < 4.78 is 5.31. The van der Waals surface area contributed by atoms with Crippen molar-refractivity contribution in [3.05, 3.63) is 35.9 Å². The molecule has 0 spiro atoms. The van der Waals surface area contributed by atoms with Gasteiger partial charge in [-0.15, -0.1) is 0 Å². The lowest BCUT2D eigenvalue weighted by atomic mass is 9.86. The van der Waals surface area contributed by atoms with Gasteiger partial charge in [0, 0.05) is 39.3 Å². The van der Waals surface area contributed by atoms with Crippen molar-refractivity contribution in [3.8, 4) is 0 Å². The molecule has 0 bridgehead atoms. The Bertz CT molecular complexity index is 521. The van der Waals surface area contributed by atoms with Crippen molar-refractivity contribution in [2.45, 2.75) is 31.8 Å². The number of piperidine rings is 1. The molecule has 0 aliphatic carbocycles. The fourth-order valence-electron chi connectivity index (χ4n) is 3.82. The number of ether oxygens (including phenoxy) is 1. The van der Waals surface area contributed by atoms with Gasteiger partial charge in [-0.3, -0.25) is 9.69 Å². The summed E-state index contributed by atoms with van der Waals surface area (Å²) in [5.74, 6) is 0.163. The van der Waals surface area contributed by atoms with Crippen molar-refractivity contribution >= 4 is 5.91 Å². The number of hydrogen-bond donors (Lipinski definition) is 2. The lowest BCUT2D eigenvalue weighted by molar-refractivity contribution is -0.134. The zero-order valence-corrected chi connectivity index (χ0v) is 14.6. The summed E-state index contributed by atoms with van der Waals surface area (Å²) in [6.45, 7) is 5.19. The van der Waals surface area contributed by atoms with Gasteiger partial charge in [-0.05, 0) is 31.4 Å². The maximum atomic E-state index is 12.8. The third-order valence-electron chi connectivity index (χ3n) is 5.32. The number of amides is 1. The van der Waals surface area contributed by atoms with Crippen molar-refractivity contribution < 1.29 is 9.53 Å². The van der Waals surface area contributed by atoms with E-state index in [4.69, 9.17) is 4.74 Å². The van der Waals surface area contributed by atoms with Gasteiger partial charge in [0.05, 0.1) is 12.0 Å². The van der Waals surface area contributed by atoms with Crippen LogP contribution in [0.1, 0.15) is 24.8 Å². The maximum absolute atomic E-state index is 12.8. The number of nitrogens with one attached hydrogen (secondary N) is 2. The number of hydrogen-bond acceptors (Lipinski definition) is 4. The van der Waals surface area contributed by atoms with E-state index in [9.17, 15) is 4.79 Å². The van der Waals surface area contributed by atoms with Gasteiger partial charge in [0.1, 0.15) is 0 Å². The van der Waals surface area contributed by atoms with Gasteiger partial charge in [-0.25, -0.2) is 0 Å². The van der Waals surface area contributed by atoms with Gasteiger partial charge >= 0.3 is 0 Å². The van der Waals surface area contributed by atoms with E-state index in [2.05, 4.69) is 45.9 Å². The Morgan fingerprint density at radius 3 is 2.71 bits per heavy atom. The molecular formula is C19H29N3O2. The van der Waals surface area contributed by atoms with E-state index in [0.717, 1.165) is 52.0 Å². The summed E-state index contributed by atoms with van der Waals surface area (Å²) in [6, 6.07) is 10.9. The molecule has 0 aromatic heterocycles. The molecule has 2 N–H and O–H groups in total. The molecular weight excluding hydrogens is 302 g/mol. The fourth-order valence-corrected chi connectivity index (χ4v) is 3.82. The Hall–Kier alpha value is -1.43. The molecule has 0 radical (unpaired) electrons. The van der Waals surface area contributed by atoms with E-state index in [1.165, 1.54) is 5.56 Å². The molecule has 1 atom stereocenters. The van der Waals surface area contributed by atoms with Crippen molar-refractivity contribution in [2.24, 2.45) is 5.41 Å². The molecule has 2 heterocycles. The highest BCUT2D eigenvalue weighted by Gasteiger charge is 2.42. The third kappa shape index (κ3) is 4.15. The molecule has 1 unspecified atom stereocenters. The average Bonchev–Trinajstić information content (AvgIpc) is 3.08. The largest absolute Gasteiger partial charge is 0.384 e. The summed E-state index contributed by atoms with van der Waals surface area (Å²) >= 11 is 0. The Kier molecular flexibility index (Phi) is 5.87. The highest BCUT2D eigenvalue weighted by Crippen LogP contribution is 2.27. The second kappa shape index (κ2) is 8.10. The number of benzene rings is 1. The van der Waals surface area contributed by atoms with Crippen LogP contribution in [0.25, 0.3) is 0 Å². The molecule has 0 saturated carbocycles. The standard InChI is InChI=1S/C19H29N3O2/c1-24-15-19(9-10-20-14-19)18(23)21-17-7-11-22(12-8-17)13-16-5-3-2-4-6-16/h2-6,17,20H,7-15H2,1H3,(H,21,23). The lowest BCUT2D eigenvalue weighted by Gasteiger charge is -2.35. The predicted octanol–water partition coefficient (Wildman–Crippen LogP) is 1.39. The highest BCUT2D eigenvalue weighted by molar-refractivity contribution is 5.83. The Labute approximate surface area is 144 Å². The van der Waals surface area contributed by atoms with Crippen LogP contribution in [0.2, 0.25) is 0 Å². The van der Waals surface area contributed by atoms with Crippen LogP contribution in [0.4, 0.5) is 0 Å². The number of carbonyl (C=O) groups excluding carboxylic acids is 1. The molecule has 2 aliphatic heterocycles. The summed E-state index contributed by atoms with van der Waals surface area (Å²) in [4.78, 5) is 15.2. The number of rotatable bonds is 6. The van der Waals surface area contributed by atoms with Crippen LogP contribution >= 0.6 is 0 Å². The van der Waals surface area contributed by atoms with Gasteiger partial charge in [0.15, 0.2) is 0 Å². The average molecular weight is 331 g/mol. The third-order valence-corrected chi connectivity index (χ3v) is 5.32. The molecule has 5 nitrogen and oxygen atoms in total. The first-order chi connectivity index (χ1) is 11.7. The monoisotopic (exact) mass is 331 g/mol. The van der Waals surface area contributed by atoms with E-state index >= 15 is 0 Å². The number of carbonyl (C=O) groups is 1. The first-order valence-electron chi connectivity index (χ1n) is 8.99. The second-order valence-corrected chi connectivity index (χ2v) is 7.15. The quantitative estimate of drug-likeness (QED) is 0.827. The topological polar surface area (TPSA) is 53.6 Å². The SMILES string of the molecule is COCC1(C(=O)NC2CCN(Cc3ccccc3)CC2)CCNC1. The van der Waals surface area contributed by atoms with Crippen LogP contribution in [-0.2, 0) is 16.1 Å². The van der Waals surface area contributed by atoms with Crippen LogP contribution in [0.3, 0.4) is 0 Å². The molecule has 2 saturated heterocycles. The van der Waals surface area contributed by atoms with Crippen molar-refractivity contribution in [1.82, 2.24) is 15.5 Å². The van der Waals surface area contributed by atoms with Crippen LogP contribution in [0.5, 0.6) is 0 Å². The van der Waals surface area contributed by atoms with Crippen molar-refractivity contribution in [3.63, 3.8) is 0 Å². The highest BCUT2D eigenvalue weighted by atomic mass is 16.5. The second-order valence-electron chi connectivity index (χ2n) is 7.15. The molecule has 3 rings (SSSR count). The minimum atomic E-state index is -0.379. The van der Waals surface area contributed by atoms with Crippen molar-refractivity contribution in [1.29, 1.82) is 0 Å². The van der Waals surface area contributed by atoms with Gasteiger partial charge in [0.2, 0.25) is 5.91 Å². The summed E-state index contributed by atoms with van der Waals surface area (Å²) in [7, 11) is 1.68. The first kappa shape index (κ1) is 17.4. The van der Waals surface area contributed by atoms with E-state index in [-0.39, 0.29) is 11.3 Å². The van der Waals surface area contributed by atoms with Gasteiger partial charge in [-0.2, -0.15) is 0 Å².